The summed E-state index contributed by atoms with van der Waals surface area (Å²) in [4.78, 5) is 34.4. The van der Waals surface area contributed by atoms with Crippen LogP contribution in [0.3, 0.4) is 0 Å². The molecule has 1 unspecified atom stereocenters. The Morgan fingerprint density at radius 2 is 1.70 bits per heavy atom. The fraction of sp³-hybridized carbons (Fsp3) is 0.192. The van der Waals surface area contributed by atoms with Crippen LogP contribution in [0.15, 0.2) is 60.7 Å². The molecule has 1 aromatic heterocycles. The van der Waals surface area contributed by atoms with Gasteiger partial charge in [-0.05, 0) is 35.4 Å². The molecule has 5 rings (SSSR count). The summed E-state index contributed by atoms with van der Waals surface area (Å²) in [5.41, 5.74) is 3.49. The van der Waals surface area contributed by atoms with Gasteiger partial charge in [0.05, 0.1) is 12.6 Å². The van der Waals surface area contributed by atoms with Gasteiger partial charge in [-0.1, -0.05) is 36.4 Å². The number of H-pyrrole nitrogens is 1. The third kappa shape index (κ3) is 3.66. The van der Waals surface area contributed by atoms with Gasteiger partial charge >= 0.3 is 0 Å². The molecule has 0 amide bonds. The zero-order chi connectivity index (χ0) is 22.9. The van der Waals surface area contributed by atoms with Gasteiger partial charge in [-0.2, -0.15) is 0 Å². The summed E-state index contributed by atoms with van der Waals surface area (Å²) in [6.45, 7) is 0.645. The molecule has 0 aliphatic heterocycles. The number of carbonyl (C=O) groups is 2. The van der Waals surface area contributed by atoms with E-state index < -0.39 is 5.92 Å². The molecule has 0 spiro atoms. The first kappa shape index (κ1) is 20.9. The van der Waals surface area contributed by atoms with Crippen molar-refractivity contribution in [1.29, 1.82) is 0 Å². The number of carbonyl (C=O) groups excluding carboxylic acids is 2. The predicted molar refractivity (Wildman–Crippen MR) is 122 cm³/mol. The van der Waals surface area contributed by atoms with E-state index >= 15 is 0 Å². The number of rotatable bonds is 7. The molecule has 3 aromatic carbocycles. The Morgan fingerprint density at radius 3 is 2.45 bits per heavy atom. The monoisotopic (exact) mass is 442 g/mol. The number of nitrogens with zero attached hydrogens (tertiary/aromatic N) is 1. The van der Waals surface area contributed by atoms with Crippen LogP contribution >= 0.6 is 0 Å². The van der Waals surface area contributed by atoms with E-state index in [0.717, 1.165) is 5.56 Å². The van der Waals surface area contributed by atoms with Crippen molar-refractivity contribution in [1.82, 2.24) is 9.97 Å². The Balaban J connectivity index is 1.49. The zero-order valence-corrected chi connectivity index (χ0v) is 18.3. The molecule has 1 heterocycles. The lowest BCUT2D eigenvalue weighted by atomic mass is 9.93. The van der Waals surface area contributed by atoms with Gasteiger partial charge in [0.15, 0.2) is 11.6 Å². The fourth-order valence-electron chi connectivity index (χ4n) is 4.23. The number of fused-ring (bicyclic) bond motifs is 2. The highest BCUT2D eigenvalue weighted by Crippen LogP contribution is 2.40. The lowest BCUT2D eigenvalue weighted by molar-refractivity contribution is 0.0890. The highest BCUT2D eigenvalue weighted by atomic mass is 16.5. The first-order valence-corrected chi connectivity index (χ1v) is 10.5. The number of benzene rings is 3. The highest BCUT2D eigenvalue weighted by molar-refractivity contribution is 6.30. The second-order valence-corrected chi connectivity index (χ2v) is 7.84. The molecule has 1 aliphatic rings. The Hall–Kier alpha value is -3.97. The molecule has 33 heavy (non-hydrogen) atoms. The van der Waals surface area contributed by atoms with Gasteiger partial charge < -0.3 is 19.2 Å². The summed E-state index contributed by atoms with van der Waals surface area (Å²) in [6, 6.07) is 18.3. The number of ether oxygens (including phenoxy) is 3. The molecule has 0 saturated carbocycles. The quantitative estimate of drug-likeness (QED) is 0.425. The number of imidazole rings is 1. The molecule has 0 saturated heterocycles. The minimum Gasteiger partial charge on any atom is -0.494 e. The van der Waals surface area contributed by atoms with Crippen molar-refractivity contribution in [2.45, 2.75) is 19.1 Å². The first-order chi connectivity index (χ1) is 16.1. The smallest absolute Gasteiger partial charge is 0.179 e. The zero-order valence-electron chi connectivity index (χ0n) is 18.3. The average Bonchev–Trinajstić information content (AvgIpc) is 3.37. The molecule has 0 radical (unpaired) electrons. The van der Waals surface area contributed by atoms with Gasteiger partial charge in [0.1, 0.15) is 42.0 Å². The molecule has 0 bridgehead atoms. The number of hydrogen-bond acceptors (Lipinski definition) is 6. The summed E-state index contributed by atoms with van der Waals surface area (Å²) < 4.78 is 16.5. The van der Waals surface area contributed by atoms with Gasteiger partial charge in [-0.3, -0.25) is 9.59 Å². The van der Waals surface area contributed by atoms with Gasteiger partial charge in [0, 0.05) is 18.2 Å². The van der Waals surface area contributed by atoms with E-state index in [0.29, 0.717) is 51.7 Å². The second kappa shape index (κ2) is 8.52. The van der Waals surface area contributed by atoms with E-state index in [1.165, 1.54) is 0 Å². The Labute approximate surface area is 190 Å². The molecule has 7 heteroatoms. The maximum atomic E-state index is 13.4. The number of aromatic amines is 1. The highest BCUT2D eigenvalue weighted by Gasteiger charge is 2.41. The summed E-state index contributed by atoms with van der Waals surface area (Å²) >= 11 is 0. The topological polar surface area (TPSA) is 90.5 Å². The minimum absolute atomic E-state index is 0.243. The number of hydrogen-bond donors (Lipinski definition) is 1. The molecule has 1 aliphatic carbocycles. The van der Waals surface area contributed by atoms with Crippen LogP contribution < -0.4 is 9.47 Å². The number of ketones is 2. The molecular formula is C26H22N2O5. The first-order valence-electron chi connectivity index (χ1n) is 10.5. The number of aromatic nitrogens is 2. The van der Waals surface area contributed by atoms with E-state index in [9.17, 15) is 9.59 Å². The number of Topliss-reactive ketones (excluding diaryl/α,β-unsaturated/α-hetero) is 2. The molecule has 1 N–H and O–H groups in total. The number of methoxy groups -OCH3 is 2. The lowest BCUT2D eigenvalue weighted by Gasteiger charge is -2.10. The summed E-state index contributed by atoms with van der Waals surface area (Å²) in [6.07, 6.45) is 0. The number of nitrogens with one attached hydrogen (secondary N) is 1. The third-order valence-electron chi connectivity index (χ3n) is 5.79. The molecule has 1 atom stereocenters. The maximum Gasteiger partial charge on any atom is 0.179 e. The van der Waals surface area contributed by atoms with E-state index in [1.807, 2.05) is 30.3 Å². The fourth-order valence-corrected chi connectivity index (χ4v) is 4.23. The van der Waals surface area contributed by atoms with Crippen LogP contribution in [0.1, 0.15) is 43.6 Å². The van der Waals surface area contributed by atoms with Gasteiger partial charge in [0.25, 0.3) is 0 Å². The standard InChI is InChI=1S/C26H22N2O5/c1-31-14-21-27-23-18(10-11-20(32-2)24(23)28-21)22-25(29)17-9-8-16(12-19(17)26(22)30)33-13-15-6-4-3-5-7-15/h3-12,22H,13-14H2,1-2H3,(H,27,28). The Kier molecular flexibility index (Phi) is 5.40. The summed E-state index contributed by atoms with van der Waals surface area (Å²) in [5, 5.41) is 0. The van der Waals surface area contributed by atoms with Crippen LogP contribution in [0.4, 0.5) is 0 Å². The van der Waals surface area contributed by atoms with Crippen molar-refractivity contribution in [3.8, 4) is 11.5 Å². The van der Waals surface area contributed by atoms with Crippen LogP contribution in [0.2, 0.25) is 0 Å². The SMILES string of the molecule is COCc1nc2c(C3C(=O)c4ccc(OCc5ccccc5)cc4C3=O)ccc(OC)c2[nH]1. The van der Waals surface area contributed by atoms with E-state index in [-0.39, 0.29) is 18.2 Å². The van der Waals surface area contributed by atoms with Crippen molar-refractivity contribution < 1.29 is 23.8 Å². The van der Waals surface area contributed by atoms with Crippen molar-refractivity contribution in [3.63, 3.8) is 0 Å². The predicted octanol–water partition coefficient (Wildman–Crippen LogP) is 4.46. The molecule has 0 fully saturated rings. The third-order valence-corrected chi connectivity index (χ3v) is 5.79. The van der Waals surface area contributed by atoms with E-state index in [2.05, 4.69) is 9.97 Å². The van der Waals surface area contributed by atoms with Gasteiger partial charge in [-0.15, -0.1) is 0 Å². The van der Waals surface area contributed by atoms with E-state index in [1.54, 1.807) is 44.6 Å². The molecule has 166 valence electrons. The second-order valence-electron chi connectivity index (χ2n) is 7.84. The van der Waals surface area contributed by atoms with E-state index in [4.69, 9.17) is 14.2 Å². The normalized spacial score (nSPS) is 15.2. The molecular weight excluding hydrogens is 420 g/mol. The van der Waals surface area contributed by atoms with Crippen LogP contribution in [0.5, 0.6) is 11.5 Å². The van der Waals surface area contributed by atoms with Gasteiger partial charge in [-0.25, -0.2) is 4.98 Å². The summed E-state index contributed by atoms with van der Waals surface area (Å²) in [7, 11) is 3.13. The minimum atomic E-state index is -0.962. The van der Waals surface area contributed by atoms with Crippen molar-refractivity contribution in [2.75, 3.05) is 14.2 Å². The van der Waals surface area contributed by atoms with Crippen molar-refractivity contribution in [3.05, 3.63) is 88.7 Å². The van der Waals surface area contributed by atoms with Crippen LogP contribution in [0, 0.1) is 0 Å². The lowest BCUT2D eigenvalue weighted by Crippen LogP contribution is -2.13. The Bertz CT molecular complexity index is 1360. The molecule has 4 aromatic rings. The maximum absolute atomic E-state index is 13.4. The molecule has 7 nitrogen and oxygen atoms in total. The van der Waals surface area contributed by atoms with Crippen LogP contribution in [-0.2, 0) is 18.0 Å². The average molecular weight is 442 g/mol. The van der Waals surface area contributed by atoms with Crippen molar-refractivity contribution in [2.24, 2.45) is 0 Å². The largest absolute Gasteiger partial charge is 0.494 e. The van der Waals surface area contributed by atoms with Crippen LogP contribution in [0.25, 0.3) is 11.0 Å². The summed E-state index contributed by atoms with van der Waals surface area (Å²) in [5.74, 6) is 0.245. The van der Waals surface area contributed by atoms with Crippen molar-refractivity contribution >= 4 is 22.6 Å². The van der Waals surface area contributed by atoms with Crippen LogP contribution in [-0.4, -0.2) is 35.8 Å². The Morgan fingerprint density at radius 1 is 0.909 bits per heavy atom. The van der Waals surface area contributed by atoms with Gasteiger partial charge in [0.2, 0.25) is 0 Å².